The molecule has 0 unspecified atom stereocenters. The van der Waals surface area contributed by atoms with Crippen molar-refractivity contribution >= 4 is 15.9 Å². The third kappa shape index (κ3) is 3.12. The Bertz CT molecular complexity index is 665. The molecule has 3 rings (SSSR count). The van der Waals surface area contributed by atoms with E-state index in [1.165, 1.54) is 17.7 Å². The summed E-state index contributed by atoms with van der Waals surface area (Å²) in [5.41, 5.74) is 0. The molecule has 2 aliphatic rings. The summed E-state index contributed by atoms with van der Waals surface area (Å²) in [5.74, 6) is 0.783. The van der Waals surface area contributed by atoms with Crippen LogP contribution >= 0.6 is 0 Å². The Labute approximate surface area is 129 Å². The van der Waals surface area contributed by atoms with Crippen molar-refractivity contribution in [2.75, 3.05) is 26.5 Å². The molecule has 122 valence electrons. The second-order valence-corrected chi connectivity index (χ2v) is 7.97. The lowest BCUT2D eigenvalue weighted by molar-refractivity contribution is 0.0894. The number of nitrogens with zero attached hydrogens (tertiary/aromatic N) is 1. The highest BCUT2D eigenvalue weighted by Gasteiger charge is 2.45. The van der Waals surface area contributed by atoms with E-state index in [2.05, 4.69) is 5.32 Å². The molecule has 2 atom stereocenters. The van der Waals surface area contributed by atoms with Gasteiger partial charge >= 0.3 is 0 Å². The van der Waals surface area contributed by atoms with Gasteiger partial charge in [-0.2, -0.15) is 4.31 Å². The van der Waals surface area contributed by atoms with Gasteiger partial charge in [0.15, 0.2) is 5.76 Å². The molecule has 1 aromatic rings. The maximum Gasteiger partial charge on any atom is 0.287 e. The van der Waals surface area contributed by atoms with Crippen LogP contribution in [0.3, 0.4) is 0 Å². The van der Waals surface area contributed by atoms with Crippen LogP contribution < -0.4 is 10.1 Å². The summed E-state index contributed by atoms with van der Waals surface area (Å²) in [6.45, 7) is 0.805. The molecule has 1 saturated carbocycles. The molecule has 8 heteroatoms. The fourth-order valence-electron chi connectivity index (χ4n) is 3.01. The zero-order valence-electron chi connectivity index (χ0n) is 12.6. The molecule has 7 nitrogen and oxygen atoms in total. The second-order valence-electron chi connectivity index (χ2n) is 5.98. The minimum absolute atomic E-state index is 0.171. The fourth-order valence-corrected chi connectivity index (χ4v) is 3.88. The predicted octanol–water partition coefficient (Wildman–Crippen LogP) is 0.688. The molecule has 2 heterocycles. The molecule has 1 aliphatic heterocycles. The third-order valence-corrected chi connectivity index (χ3v) is 5.59. The Morgan fingerprint density at radius 3 is 2.64 bits per heavy atom. The van der Waals surface area contributed by atoms with Crippen LogP contribution in [0.1, 0.15) is 23.4 Å². The van der Waals surface area contributed by atoms with Gasteiger partial charge in [0.2, 0.25) is 10.0 Å². The first-order chi connectivity index (χ1) is 10.4. The van der Waals surface area contributed by atoms with Gasteiger partial charge in [0.1, 0.15) is 0 Å². The molecule has 0 aromatic carbocycles. The van der Waals surface area contributed by atoms with Gasteiger partial charge in [-0.3, -0.25) is 4.79 Å². The predicted molar refractivity (Wildman–Crippen MR) is 79.1 cm³/mol. The highest BCUT2D eigenvalue weighted by atomic mass is 32.2. The van der Waals surface area contributed by atoms with Crippen molar-refractivity contribution in [2.24, 2.45) is 11.8 Å². The van der Waals surface area contributed by atoms with Crippen LogP contribution in [0, 0.1) is 11.8 Å². The molecule has 1 N–H and O–H groups in total. The highest BCUT2D eigenvalue weighted by molar-refractivity contribution is 7.88. The standard InChI is InChI=1S/C14H20N2O5S/c1-20-13-6-5-12(21-13)14(17)15-11-8-16(22(2,18)19)7-10(11)9-3-4-9/h5-6,9-11H,3-4,7-8H2,1-2H3,(H,15,17)/t10-,11+/m0/s1. The van der Waals surface area contributed by atoms with Crippen LogP contribution in [0.4, 0.5) is 0 Å². The molecule has 2 fully saturated rings. The van der Waals surface area contributed by atoms with Gasteiger partial charge in [0.25, 0.3) is 11.9 Å². The Kier molecular flexibility index (Phi) is 3.90. The molecule has 22 heavy (non-hydrogen) atoms. The lowest BCUT2D eigenvalue weighted by Gasteiger charge is -2.18. The number of hydrogen-bond donors (Lipinski definition) is 1. The maximum atomic E-state index is 12.2. The number of carbonyl (C=O) groups is 1. The van der Waals surface area contributed by atoms with Gasteiger partial charge in [-0.25, -0.2) is 8.42 Å². The molecular formula is C14H20N2O5S. The fraction of sp³-hybridized carbons (Fsp3) is 0.643. The number of nitrogens with one attached hydrogen (secondary N) is 1. The van der Waals surface area contributed by atoms with Crippen molar-refractivity contribution < 1.29 is 22.4 Å². The van der Waals surface area contributed by atoms with E-state index < -0.39 is 10.0 Å². The SMILES string of the molecule is COc1ccc(C(=O)N[C@@H]2CN(S(C)(=O)=O)C[C@H]2C2CC2)o1. The van der Waals surface area contributed by atoms with Gasteiger partial charge in [-0.05, 0) is 30.7 Å². The first kappa shape index (κ1) is 15.4. The molecule has 0 radical (unpaired) electrons. The Morgan fingerprint density at radius 2 is 2.09 bits per heavy atom. The van der Waals surface area contributed by atoms with Gasteiger partial charge in [0.05, 0.1) is 13.4 Å². The Hall–Kier alpha value is -1.54. The van der Waals surface area contributed by atoms with Crippen LogP contribution in [0.25, 0.3) is 0 Å². The number of hydrogen-bond acceptors (Lipinski definition) is 5. The first-order valence-electron chi connectivity index (χ1n) is 7.28. The van der Waals surface area contributed by atoms with Crippen LogP contribution in [0.15, 0.2) is 16.5 Å². The number of sulfonamides is 1. The Morgan fingerprint density at radius 1 is 1.36 bits per heavy atom. The summed E-state index contributed by atoms with van der Waals surface area (Å²) in [5, 5.41) is 2.91. The van der Waals surface area contributed by atoms with Crippen molar-refractivity contribution in [3.63, 3.8) is 0 Å². The summed E-state index contributed by atoms with van der Waals surface area (Å²) >= 11 is 0. The van der Waals surface area contributed by atoms with Crippen LogP contribution in [0.5, 0.6) is 5.95 Å². The van der Waals surface area contributed by atoms with Crippen molar-refractivity contribution in [2.45, 2.75) is 18.9 Å². The smallest absolute Gasteiger partial charge is 0.287 e. The summed E-state index contributed by atoms with van der Waals surface area (Å²) in [6.07, 6.45) is 3.41. The summed E-state index contributed by atoms with van der Waals surface area (Å²) in [7, 11) is -1.77. The summed E-state index contributed by atoms with van der Waals surface area (Å²) < 4.78 is 35.1. The zero-order valence-corrected chi connectivity index (χ0v) is 13.4. The molecule has 1 aromatic heterocycles. The lowest BCUT2D eigenvalue weighted by Crippen LogP contribution is -2.41. The van der Waals surface area contributed by atoms with E-state index in [0.29, 0.717) is 19.0 Å². The topological polar surface area (TPSA) is 88.9 Å². The van der Waals surface area contributed by atoms with Crippen LogP contribution in [0.2, 0.25) is 0 Å². The van der Waals surface area contributed by atoms with E-state index in [-0.39, 0.29) is 29.6 Å². The quantitative estimate of drug-likeness (QED) is 0.859. The molecule has 0 bridgehead atoms. The first-order valence-corrected chi connectivity index (χ1v) is 9.13. The minimum Gasteiger partial charge on any atom is -0.468 e. The van der Waals surface area contributed by atoms with E-state index in [9.17, 15) is 13.2 Å². The van der Waals surface area contributed by atoms with Crippen molar-refractivity contribution in [3.8, 4) is 5.95 Å². The summed E-state index contributed by atoms with van der Waals surface area (Å²) in [6, 6.07) is 2.94. The summed E-state index contributed by atoms with van der Waals surface area (Å²) in [4.78, 5) is 12.2. The normalized spacial score (nSPS) is 26.1. The van der Waals surface area contributed by atoms with Crippen LogP contribution in [-0.2, 0) is 10.0 Å². The van der Waals surface area contributed by atoms with E-state index in [0.717, 1.165) is 12.8 Å². The molecule has 1 saturated heterocycles. The number of ether oxygens (including phenoxy) is 1. The van der Waals surface area contributed by atoms with Gasteiger partial charge in [-0.1, -0.05) is 0 Å². The minimum atomic E-state index is -3.24. The maximum absolute atomic E-state index is 12.2. The molecule has 0 spiro atoms. The van der Waals surface area contributed by atoms with E-state index in [4.69, 9.17) is 9.15 Å². The number of methoxy groups -OCH3 is 1. The number of rotatable bonds is 5. The molecule has 1 aliphatic carbocycles. The monoisotopic (exact) mass is 328 g/mol. The van der Waals surface area contributed by atoms with Crippen molar-refractivity contribution in [1.82, 2.24) is 9.62 Å². The third-order valence-electron chi connectivity index (χ3n) is 4.35. The number of carbonyl (C=O) groups excluding carboxylic acids is 1. The molecule has 1 amide bonds. The second kappa shape index (κ2) is 5.58. The highest BCUT2D eigenvalue weighted by Crippen LogP contribution is 2.42. The van der Waals surface area contributed by atoms with E-state index >= 15 is 0 Å². The average Bonchev–Trinajstić information content (AvgIpc) is 3.02. The van der Waals surface area contributed by atoms with Gasteiger partial charge < -0.3 is 14.5 Å². The molecular weight excluding hydrogens is 308 g/mol. The van der Waals surface area contributed by atoms with Crippen molar-refractivity contribution in [3.05, 3.63) is 17.9 Å². The van der Waals surface area contributed by atoms with Gasteiger partial charge in [-0.15, -0.1) is 0 Å². The number of furan rings is 1. The van der Waals surface area contributed by atoms with Crippen molar-refractivity contribution in [1.29, 1.82) is 0 Å². The lowest BCUT2D eigenvalue weighted by atomic mass is 9.98. The van der Waals surface area contributed by atoms with E-state index in [1.807, 2.05) is 0 Å². The Balaban J connectivity index is 1.70. The zero-order chi connectivity index (χ0) is 15.9. The average molecular weight is 328 g/mol. The van der Waals surface area contributed by atoms with Crippen LogP contribution in [-0.4, -0.2) is 51.1 Å². The number of amides is 1. The largest absolute Gasteiger partial charge is 0.468 e. The van der Waals surface area contributed by atoms with E-state index in [1.54, 1.807) is 12.1 Å². The van der Waals surface area contributed by atoms with Gasteiger partial charge in [0, 0.05) is 25.2 Å².